The van der Waals surface area contributed by atoms with Gasteiger partial charge in [-0.25, -0.2) is 0 Å². The van der Waals surface area contributed by atoms with Crippen LogP contribution in [-0.4, -0.2) is 30.7 Å². The van der Waals surface area contributed by atoms with E-state index in [0.29, 0.717) is 18.7 Å². The van der Waals surface area contributed by atoms with Gasteiger partial charge in [-0.3, -0.25) is 9.59 Å². The molecule has 0 aliphatic carbocycles. The number of phenolic OH excluding ortho intramolecular Hbond substituents is 1. The highest BCUT2D eigenvalue weighted by Crippen LogP contribution is 2.26. The van der Waals surface area contributed by atoms with Crippen molar-refractivity contribution in [2.45, 2.75) is 26.3 Å². The summed E-state index contributed by atoms with van der Waals surface area (Å²) in [4.78, 5) is 23.5. The van der Waals surface area contributed by atoms with Gasteiger partial charge in [0.25, 0.3) is 5.91 Å². The van der Waals surface area contributed by atoms with Crippen LogP contribution < -0.4 is 10.1 Å². The van der Waals surface area contributed by atoms with Crippen LogP contribution >= 0.6 is 0 Å². The molecule has 26 heavy (non-hydrogen) atoms. The number of phenols is 1. The van der Waals surface area contributed by atoms with E-state index in [2.05, 4.69) is 5.32 Å². The molecule has 0 saturated carbocycles. The minimum atomic E-state index is -0.467. The Balaban J connectivity index is 1.68. The van der Waals surface area contributed by atoms with Crippen LogP contribution in [0, 0.1) is 6.92 Å². The van der Waals surface area contributed by atoms with E-state index in [1.54, 1.807) is 18.2 Å². The van der Waals surface area contributed by atoms with Crippen LogP contribution in [0.5, 0.6) is 11.5 Å². The van der Waals surface area contributed by atoms with Gasteiger partial charge in [0.15, 0.2) is 18.1 Å². The van der Waals surface area contributed by atoms with E-state index in [9.17, 15) is 14.7 Å². The van der Waals surface area contributed by atoms with Crippen LogP contribution in [0.3, 0.4) is 0 Å². The lowest BCUT2D eigenvalue weighted by Crippen LogP contribution is -2.28. The molecule has 0 heterocycles. The molecule has 0 radical (unpaired) electrons. The minimum Gasteiger partial charge on any atom is -0.504 e. The Kier molecular flexibility index (Phi) is 7.02. The van der Waals surface area contributed by atoms with Crippen LogP contribution in [-0.2, 0) is 27.3 Å². The van der Waals surface area contributed by atoms with Crippen molar-refractivity contribution in [3.8, 4) is 11.5 Å². The van der Waals surface area contributed by atoms with E-state index in [1.165, 1.54) is 7.11 Å². The number of nitrogens with one attached hydrogen (secondary N) is 1. The molecule has 0 aliphatic rings. The first kappa shape index (κ1) is 19.3. The third-order valence-electron chi connectivity index (χ3n) is 3.84. The summed E-state index contributed by atoms with van der Waals surface area (Å²) in [6, 6.07) is 12.8. The van der Waals surface area contributed by atoms with Crippen LogP contribution in [0.25, 0.3) is 0 Å². The maximum atomic E-state index is 11.8. The first-order chi connectivity index (χ1) is 12.5. The molecule has 0 unspecified atom stereocenters. The fraction of sp³-hybridized carbons (Fsp3) is 0.300. The lowest BCUT2D eigenvalue weighted by atomic mass is 10.1. The number of amides is 1. The van der Waals surface area contributed by atoms with Crippen molar-refractivity contribution >= 4 is 11.9 Å². The molecular formula is C20H23NO5. The molecule has 1 amide bonds. The first-order valence-corrected chi connectivity index (χ1v) is 8.31. The SMILES string of the molecule is COc1ccc(CCC(=O)OCC(=O)NCc2ccc(C)cc2)cc1O. The summed E-state index contributed by atoms with van der Waals surface area (Å²) in [6.07, 6.45) is 0.526. The lowest BCUT2D eigenvalue weighted by molar-refractivity contribution is -0.148. The van der Waals surface area contributed by atoms with Gasteiger partial charge < -0.3 is 19.9 Å². The van der Waals surface area contributed by atoms with Crippen LogP contribution in [0.4, 0.5) is 0 Å². The second-order valence-electron chi connectivity index (χ2n) is 5.93. The molecule has 0 aliphatic heterocycles. The molecule has 6 heteroatoms. The molecule has 2 aromatic carbocycles. The average molecular weight is 357 g/mol. The summed E-state index contributed by atoms with van der Waals surface area (Å²) in [5, 5.41) is 12.4. The molecule has 0 fully saturated rings. The van der Waals surface area contributed by atoms with Gasteiger partial charge in [0.1, 0.15) is 0 Å². The molecule has 0 aromatic heterocycles. The summed E-state index contributed by atoms with van der Waals surface area (Å²) < 4.78 is 9.94. The molecule has 2 aromatic rings. The summed E-state index contributed by atoms with van der Waals surface area (Å²) >= 11 is 0. The largest absolute Gasteiger partial charge is 0.504 e. The molecule has 0 saturated heterocycles. The molecule has 6 nitrogen and oxygen atoms in total. The number of hydrogen-bond acceptors (Lipinski definition) is 5. The summed E-state index contributed by atoms with van der Waals surface area (Å²) in [6.45, 7) is 2.08. The van der Waals surface area contributed by atoms with Gasteiger partial charge in [-0.05, 0) is 36.6 Å². The normalized spacial score (nSPS) is 10.2. The van der Waals surface area contributed by atoms with Gasteiger partial charge in [0, 0.05) is 13.0 Å². The Morgan fingerprint density at radius 1 is 1.08 bits per heavy atom. The van der Waals surface area contributed by atoms with E-state index < -0.39 is 5.97 Å². The summed E-state index contributed by atoms with van der Waals surface area (Å²) in [5.41, 5.74) is 2.91. The molecule has 0 atom stereocenters. The lowest BCUT2D eigenvalue weighted by Gasteiger charge is -2.08. The maximum Gasteiger partial charge on any atom is 0.306 e. The zero-order valence-electron chi connectivity index (χ0n) is 15.0. The number of esters is 1. The fourth-order valence-electron chi connectivity index (χ4n) is 2.31. The number of aryl methyl sites for hydroxylation is 2. The van der Waals surface area contributed by atoms with Gasteiger partial charge in [-0.1, -0.05) is 35.9 Å². The quantitative estimate of drug-likeness (QED) is 0.709. The molecule has 0 spiro atoms. The van der Waals surface area contributed by atoms with Crippen molar-refractivity contribution in [2.75, 3.05) is 13.7 Å². The van der Waals surface area contributed by atoms with Gasteiger partial charge >= 0.3 is 5.97 Å². The number of carbonyl (C=O) groups is 2. The van der Waals surface area contributed by atoms with Crippen molar-refractivity contribution in [3.63, 3.8) is 0 Å². The Labute approximate surface area is 152 Å². The number of rotatable bonds is 8. The number of methoxy groups -OCH3 is 1. The molecular weight excluding hydrogens is 334 g/mol. The van der Waals surface area contributed by atoms with Gasteiger partial charge in [-0.15, -0.1) is 0 Å². The highest BCUT2D eigenvalue weighted by atomic mass is 16.5. The Morgan fingerprint density at radius 2 is 1.77 bits per heavy atom. The third kappa shape index (κ3) is 6.12. The number of ether oxygens (including phenoxy) is 2. The zero-order valence-corrected chi connectivity index (χ0v) is 15.0. The highest BCUT2D eigenvalue weighted by Gasteiger charge is 2.09. The topological polar surface area (TPSA) is 84.9 Å². The Morgan fingerprint density at radius 3 is 2.42 bits per heavy atom. The van der Waals surface area contributed by atoms with Crippen molar-refractivity contribution in [1.29, 1.82) is 0 Å². The standard InChI is InChI=1S/C20H23NO5/c1-14-3-5-16(6-4-14)12-21-19(23)13-26-20(24)10-8-15-7-9-18(25-2)17(22)11-15/h3-7,9,11,22H,8,10,12-13H2,1-2H3,(H,21,23). The zero-order chi connectivity index (χ0) is 18.9. The van der Waals surface area contributed by atoms with E-state index in [4.69, 9.17) is 9.47 Å². The molecule has 138 valence electrons. The van der Waals surface area contributed by atoms with E-state index in [-0.39, 0.29) is 24.7 Å². The molecule has 2 rings (SSSR count). The monoisotopic (exact) mass is 357 g/mol. The third-order valence-corrected chi connectivity index (χ3v) is 3.84. The number of benzene rings is 2. The van der Waals surface area contributed by atoms with Crippen LogP contribution in [0.1, 0.15) is 23.1 Å². The van der Waals surface area contributed by atoms with Crippen molar-refractivity contribution in [3.05, 3.63) is 59.2 Å². The van der Waals surface area contributed by atoms with Crippen molar-refractivity contribution < 1.29 is 24.2 Å². The van der Waals surface area contributed by atoms with E-state index in [0.717, 1.165) is 16.7 Å². The summed E-state index contributed by atoms with van der Waals surface area (Å²) in [5.74, 6) is -0.415. The predicted molar refractivity (Wildman–Crippen MR) is 97.0 cm³/mol. The molecule has 2 N–H and O–H groups in total. The van der Waals surface area contributed by atoms with Gasteiger partial charge in [0.05, 0.1) is 7.11 Å². The van der Waals surface area contributed by atoms with Gasteiger partial charge in [0.2, 0.25) is 0 Å². The van der Waals surface area contributed by atoms with Crippen molar-refractivity contribution in [1.82, 2.24) is 5.32 Å². The second-order valence-corrected chi connectivity index (χ2v) is 5.93. The van der Waals surface area contributed by atoms with Crippen LogP contribution in [0.2, 0.25) is 0 Å². The van der Waals surface area contributed by atoms with E-state index >= 15 is 0 Å². The number of carbonyl (C=O) groups excluding carboxylic acids is 2. The average Bonchev–Trinajstić information content (AvgIpc) is 2.64. The highest BCUT2D eigenvalue weighted by molar-refractivity contribution is 5.80. The predicted octanol–water partition coefficient (Wildman–Crippen LogP) is 2.50. The Bertz CT molecular complexity index is 755. The first-order valence-electron chi connectivity index (χ1n) is 8.31. The maximum absolute atomic E-state index is 11.8. The minimum absolute atomic E-state index is 0.0221. The second kappa shape index (κ2) is 9.46. The molecule has 0 bridgehead atoms. The number of aromatic hydroxyl groups is 1. The summed E-state index contributed by atoms with van der Waals surface area (Å²) in [7, 11) is 1.47. The smallest absolute Gasteiger partial charge is 0.306 e. The Hall–Kier alpha value is -3.02. The van der Waals surface area contributed by atoms with Crippen LogP contribution in [0.15, 0.2) is 42.5 Å². The van der Waals surface area contributed by atoms with E-state index in [1.807, 2.05) is 31.2 Å². The van der Waals surface area contributed by atoms with Gasteiger partial charge in [-0.2, -0.15) is 0 Å². The fourth-order valence-corrected chi connectivity index (χ4v) is 2.31. The van der Waals surface area contributed by atoms with Crippen molar-refractivity contribution in [2.24, 2.45) is 0 Å². The number of hydrogen-bond donors (Lipinski definition) is 2.